The van der Waals surface area contributed by atoms with E-state index in [1.165, 1.54) is 17.8 Å². The molecule has 0 radical (unpaired) electrons. The molecule has 1 saturated heterocycles. The number of hydrogen-bond acceptors (Lipinski definition) is 7. The lowest BCUT2D eigenvalue weighted by Crippen LogP contribution is -2.43. The molecule has 0 amide bonds. The van der Waals surface area contributed by atoms with Crippen LogP contribution >= 0.6 is 11.6 Å². The number of halogens is 1. The summed E-state index contributed by atoms with van der Waals surface area (Å²) in [6.45, 7) is 1.01. The van der Waals surface area contributed by atoms with Gasteiger partial charge < -0.3 is 25.8 Å². The molecule has 21 heavy (non-hydrogen) atoms. The molecule has 1 aliphatic rings. The van der Waals surface area contributed by atoms with Crippen LogP contribution in [-0.2, 0) is 4.74 Å². The van der Waals surface area contributed by atoms with E-state index in [9.17, 15) is 15.3 Å². The second kappa shape index (κ2) is 4.79. The highest BCUT2D eigenvalue weighted by molar-refractivity contribution is 6.34. The number of ether oxygens (including phenoxy) is 1. The molecular weight excluding hydrogens is 300 g/mol. The second-order valence-corrected chi connectivity index (χ2v) is 5.64. The van der Waals surface area contributed by atoms with Crippen molar-refractivity contribution in [1.29, 1.82) is 0 Å². The first-order valence-electron chi connectivity index (χ1n) is 6.32. The normalized spacial score (nSPS) is 32.9. The fraction of sp³-hybridized carbons (Fsp3) is 0.500. The fourth-order valence-electron chi connectivity index (χ4n) is 2.66. The first-order valence-corrected chi connectivity index (χ1v) is 6.70. The number of aliphatic hydroxyl groups is 3. The van der Waals surface area contributed by atoms with Crippen molar-refractivity contribution < 1.29 is 20.1 Å². The van der Waals surface area contributed by atoms with Crippen molar-refractivity contribution in [3.63, 3.8) is 0 Å². The van der Waals surface area contributed by atoms with Crippen LogP contribution in [0.15, 0.2) is 12.4 Å². The summed E-state index contributed by atoms with van der Waals surface area (Å²) in [5.41, 5.74) is 4.98. The first kappa shape index (κ1) is 14.5. The van der Waals surface area contributed by atoms with Crippen molar-refractivity contribution in [2.75, 3.05) is 12.3 Å². The predicted octanol–water partition coefficient (Wildman–Crippen LogP) is -0.491. The van der Waals surface area contributed by atoms with Gasteiger partial charge in [-0.15, -0.1) is 0 Å². The smallest absolute Gasteiger partial charge is 0.152 e. The minimum atomic E-state index is -1.61. The molecule has 0 spiro atoms. The highest BCUT2D eigenvalue weighted by atomic mass is 35.5. The van der Waals surface area contributed by atoms with Gasteiger partial charge in [-0.25, -0.2) is 9.50 Å². The van der Waals surface area contributed by atoms with Crippen LogP contribution in [0.2, 0.25) is 5.02 Å². The van der Waals surface area contributed by atoms with E-state index < -0.39 is 30.5 Å². The van der Waals surface area contributed by atoms with Gasteiger partial charge in [-0.1, -0.05) is 11.6 Å². The molecule has 0 aliphatic carbocycles. The monoisotopic (exact) mass is 314 g/mol. The molecule has 8 nitrogen and oxygen atoms in total. The van der Waals surface area contributed by atoms with Crippen LogP contribution in [0.4, 0.5) is 5.82 Å². The zero-order chi connectivity index (χ0) is 15.4. The maximum Gasteiger partial charge on any atom is 0.152 e. The molecule has 5 N–H and O–H groups in total. The van der Waals surface area contributed by atoms with Gasteiger partial charge in [-0.05, 0) is 13.0 Å². The number of aliphatic hydroxyl groups excluding tert-OH is 2. The third kappa shape index (κ3) is 1.99. The topological polar surface area (TPSA) is 126 Å². The highest BCUT2D eigenvalue weighted by Crippen LogP contribution is 2.43. The number of fused-ring (bicyclic) bond motifs is 1. The minimum absolute atomic E-state index is 0.193. The van der Waals surface area contributed by atoms with Crippen molar-refractivity contribution in [2.45, 2.75) is 30.8 Å². The van der Waals surface area contributed by atoms with Gasteiger partial charge in [0.2, 0.25) is 0 Å². The van der Waals surface area contributed by atoms with Gasteiger partial charge in [0.15, 0.2) is 5.82 Å². The van der Waals surface area contributed by atoms with E-state index in [0.717, 1.165) is 0 Å². The Morgan fingerprint density at radius 3 is 2.90 bits per heavy atom. The number of nitrogens with two attached hydrogens (primary N) is 1. The molecule has 2 aromatic heterocycles. The number of nitrogen functional groups attached to an aromatic ring is 1. The zero-order valence-corrected chi connectivity index (χ0v) is 11.9. The maximum atomic E-state index is 10.5. The largest absolute Gasteiger partial charge is 0.394 e. The van der Waals surface area contributed by atoms with Gasteiger partial charge in [0.05, 0.1) is 17.3 Å². The molecule has 4 atom stereocenters. The predicted molar refractivity (Wildman–Crippen MR) is 73.7 cm³/mol. The van der Waals surface area contributed by atoms with Crippen LogP contribution in [0.25, 0.3) is 5.52 Å². The molecule has 3 rings (SSSR count). The van der Waals surface area contributed by atoms with Crippen LogP contribution in [0.3, 0.4) is 0 Å². The molecule has 1 aliphatic heterocycles. The molecule has 9 heteroatoms. The van der Waals surface area contributed by atoms with Gasteiger partial charge in [-0.3, -0.25) is 0 Å². The van der Waals surface area contributed by atoms with Crippen LogP contribution in [0, 0.1) is 0 Å². The Kier molecular flexibility index (Phi) is 3.30. The fourth-order valence-corrected chi connectivity index (χ4v) is 2.95. The molecule has 1 fully saturated rings. The molecule has 3 heterocycles. The average molecular weight is 315 g/mol. The molecule has 0 aromatic carbocycles. The van der Waals surface area contributed by atoms with E-state index in [4.69, 9.17) is 22.1 Å². The van der Waals surface area contributed by atoms with Gasteiger partial charge in [0.25, 0.3) is 0 Å². The summed E-state index contributed by atoms with van der Waals surface area (Å²) in [6.07, 6.45) is -1.80. The lowest BCUT2D eigenvalue weighted by atomic mass is 9.91. The average Bonchev–Trinajstić information content (AvgIpc) is 2.87. The van der Waals surface area contributed by atoms with Gasteiger partial charge in [-0.2, -0.15) is 5.10 Å². The van der Waals surface area contributed by atoms with Crippen LogP contribution in [0.1, 0.15) is 18.7 Å². The van der Waals surface area contributed by atoms with E-state index in [-0.39, 0.29) is 5.82 Å². The zero-order valence-electron chi connectivity index (χ0n) is 11.1. The molecule has 2 aromatic rings. The van der Waals surface area contributed by atoms with Gasteiger partial charge in [0.1, 0.15) is 35.8 Å². The SMILES string of the molecule is C[C@@]1(O)[C@H](O)[C@@H](CO)O[C@H]1c1cc(Cl)c2c(N)ncnn12. The van der Waals surface area contributed by atoms with Crippen molar-refractivity contribution in [3.8, 4) is 0 Å². The Morgan fingerprint density at radius 2 is 2.29 bits per heavy atom. The third-order valence-electron chi connectivity index (χ3n) is 3.80. The summed E-state index contributed by atoms with van der Waals surface area (Å²) in [5.74, 6) is 0.193. The van der Waals surface area contributed by atoms with Gasteiger partial charge >= 0.3 is 0 Å². The highest BCUT2D eigenvalue weighted by Gasteiger charge is 2.53. The lowest BCUT2D eigenvalue weighted by molar-refractivity contribution is -0.0664. The number of nitrogens with zero attached hydrogens (tertiary/aromatic N) is 3. The Hall–Kier alpha value is -1.45. The maximum absolute atomic E-state index is 10.5. The summed E-state index contributed by atoms with van der Waals surface area (Å²) in [4.78, 5) is 3.86. The minimum Gasteiger partial charge on any atom is -0.394 e. The molecule has 0 bridgehead atoms. The Morgan fingerprint density at radius 1 is 1.57 bits per heavy atom. The Balaban J connectivity index is 2.15. The lowest BCUT2D eigenvalue weighted by Gasteiger charge is -2.26. The third-order valence-corrected chi connectivity index (χ3v) is 4.09. The summed E-state index contributed by atoms with van der Waals surface area (Å²) >= 11 is 6.13. The van der Waals surface area contributed by atoms with E-state index in [2.05, 4.69) is 10.1 Å². The summed E-state index contributed by atoms with van der Waals surface area (Å²) < 4.78 is 6.97. The summed E-state index contributed by atoms with van der Waals surface area (Å²) in [6, 6.07) is 1.55. The number of anilines is 1. The van der Waals surface area contributed by atoms with Crippen molar-refractivity contribution >= 4 is 22.9 Å². The summed E-state index contributed by atoms with van der Waals surface area (Å²) in [5, 5.41) is 34.1. The van der Waals surface area contributed by atoms with Gasteiger partial charge in [0, 0.05) is 0 Å². The Labute approximate surface area is 124 Å². The van der Waals surface area contributed by atoms with E-state index in [1.807, 2.05) is 0 Å². The van der Waals surface area contributed by atoms with E-state index >= 15 is 0 Å². The van der Waals surface area contributed by atoms with Crippen molar-refractivity contribution in [1.82, 2.24) is 14.6 Å². The Bertz CT molecular complexity index is 689. The molecule has 0 unspecified atom stereocenters. The molecular formula is C12H15ClN4O4. The molecule has 0 saturated carbocycles. The standard InChI is InChI=1S/C12H15ClN4O4/c1-12(20)9(19)7(3-18)21-10(12)6-2-5(13)8-11(14)15-4-16-17(6)8/h2,4,7,9-10,18-20H,3H2,1H3,(H2,14,15,16)/t7-,9-,10+,12-/m1/s1. The van der Waals surface area contributed by atoms with Crippen molar-refractivity contribution in [3.05, 3.63) is 23.1 Å². The van der Waals surface area contributed by atoms with Crippen molar-refractivity contribution in [2.24, 2.45) is 0 Å². The first-order chi connectivity index (χ1) is 9.87. The number of aromatic nitrogens is 3. The van der Waals surface area contributed by atoms with Crippen LogP contribution in [0.5, 0.6) is 0 Å². The quantitative estimate of drug-likeness (QED) is 0.589. The van der Waals surface area contributed by atoms with Crippen LogP contribution < -0.4 is 5.73 Å². The van der Waals surface area contributed by atoms with E-state index in [1.54, 1.807) is 6.07 Å². The van der Waals surface area contributed by atoms with E-state index in [0.29, 0.717) is 16.2 Å². The number of rotatable bonds is 2. The number of hydrogen-bond donors (Lipinski definition) is 4. The summed E-state index contributed by atoms with van der Waals surface area (Å²) in [7, 11) is 0. The second-order valence-electron chi connectivity index (χ2n) is 5.23. The molecule has 114 valence electrons. The van der Waals surface area contributed by atoms with Crippen LogP contribution in [-0.4, -0.2) is 54.3 Å².